The molecule has 2 atom stereocenters. The lowest BCUT2D eigenvalue weighted by atomic mass is 9.80. The van der Waals surface area contributed by atoms with Crippen LogP contribution in [0.3, 0.4) is 0 Å². The van der Waals surface area contributed by atoms with Gasteiger partial charge in [0, 0.05) is 37.8 Å². The molecule has 2 unspecified atom stereocenters. The third-order valence-corrected chi connectivity index (χ3v) is 5.56. The molecule has 0 aliphatic carbocycles. The molecular formula is C16H33N3. The lowest BCUT2D eigenvalue weighted by Crippen LogP contribution is -2.55. The number of hydrogen-bond donors (Lipinski definition) is 1. The Morgan fingerprint density at radius 2 is 1.95 bits per heavy atom. The molecule has 3 nitrogen and oxygen atoms in total. The van der Waals surface area contributed by atoms with E-state index in [4.69, 9.17) is 5.73 Å². The fourth-order valence-electron chi connectivity index (χ4n) is 3.78. The summed E-state index contributed by atoms with van der Waals surface area (Å²) in [4.78, 5) is 5.31. The molecule has 0 amide bonds. The average molecular weight is 267 g/mol. The molecule has 0 radical (unpaired) electrons. The molecule has 2 fully saturated rings. The second kappa shape index (κ2) is 5.34. The summed E-state index contributed by atoms with van der Waals surface area (Å²) in [5, 5.41) is 0. The zero-order chi connectivity index (χ0) is 14.3. The number of likely N-dealkylation sites (tertiary alicyclic amines) is 2. The second-order valence-electron chi connectivity index (χ2n) is 8.04. The van der Waals surface area contributed by atoms with Gasteiger partial charge in [-0.2, -0.15) is 0 Å². The normalized spacial score (nSPS) is 34.6. The maximum absolute atomic E-state index is 6.20. The Labute approximate surface area is 119 Å². The van der Waals surface area contributed by atoms with Crippen molar-refractivity contribution in [3.8, 4) is 0 Å². The minimum Gasteiger partial charge on any atom is -0.329 e. The number of nitrogens with zero attached hydrogens (tertiary/aromatic N) is 2. The van der Waals surface area contributed by atoms with Gasteiger partial charge in [0.25, 0.3) is 0 Å². The largest absolute Gasteiger partial charge is 0.329 e. The topological polar surface area (TPSA) is 32.5 Å². The summed E-state index contributed by atoms with van der Waals surface area (Å²) in [5.74, 6) is 0.823. The predicted molar refractivity (Wildman–Crippen MR) is 82.2 cm³/mol. The van der Waals surface area contributed by atoms with Crippen LogP contribution in [0.5, 0.6) is 0 Å². The molecule has 0 spiro atoms. The van der Waals surface area contributed by atoms with Crippen molar-refractivity contribution in [2.24, 2.45) is 17.1 Å². The maximum atomic E-state index is 6.20. The summed E-state index contributed by atoms with van der Waals surface area (Å²) in [6, 6.07) is 0.648. The third kappa shape index (κ3) is 2.98. The second-order valence-corrected chi connectivity index (χ2v) is 8.04. The molecule has 2 aliphatic heterocycles. The minimum atomic E-state index is 0.254. The van der Waals surface area contributed by atoms with E-state index in [1.807, 2.05) is 0 Å². The van der Waals surface area contributed by atoms with E-state index in [-0.39, 0.29) is 5.54 Å². The first-order valence-electron chi connectivity index (χ1n) is 7.98. The van der Waals surface area contributed by atoms with Crippen molar-refractivity contribution in [3.63, 3.8) is 0 Å². The third-order valence-electron chi connectivity index (χ3n) is 5.56. The van der Waals surface area contributed by atoms with E-state index >= 15 is 0 Å². The first-order chi connectivity index (χ1) is 8.78. The summed E-state index contributed by atoms with van der Waals surface area (Å²) in [5.41, 5.74) is 6.88. The van der Waals surface area contributed by atoms with E-state index in [0.717, 1.165) is 19.0 Å². The fraction of sp³-hybridized carbons (Fsp3) is 1.00. The highest BCUT2D eigenvalue weighted by atomic mass is 15.3. The van der Waals surface area contributed by atoms with Crippen molar-refractivity contribution in [1.82, 2.24) is 9.80 Å². The molecule has 3 heteroatoms. The van der Waals surface area contributed by atoms with Crippen molar-refractivity contribution >= 4 is 0 Å². The molecular weight excluding hydrogens is 234 g/mol. The van der Waals surface area contributed by atoms with E-state index in [9.17, 15) is 0 Å². The van der Waals surface area contributed by atoms with Crippen LogP contribution in [0, 0.1) is 11.3 Å². The highest BCUT2D eigenvalue weighted by Crippen LogP contribution is 2.39. The molecule has 112 valence electrons. The van der Waals surface area contributed by atoms with Crippen LogP contribution in [-0.2, 0) is 0 Å². The fourth-order valence-corrected chi connectivity index (χ4v) is 3.78. The van der Waals surface area contributed by atoms with E-state index in [0.29, 0.717) is 11.5 Å². The number of nitrogens with two attached hydrogens (primary N) is 1. The Bertz CT molecular complexity index is 308. The van der Waals surface area contributed by atoms with Crippen molar-refractivity contribution in [2.45, 2.75) is 59.0 Å². The van der Waals surface area contributed by atoms with Gasteiger partial charge in [0.15, 0.2) is 0 Å². The van der Waals surface area contributed by atoms with Crippen LogP contribution in [0.1, 0.15) is 47.5 Å². The van der Waals surface area contributed by atoms with Gasteiger partial charge in [-0.15, -0.1) is 0 Å². The molecule has 0 aromatic rings. The molecule has 2 heterocycles. The molecule has 0 aromatic carbocycles. The molecule has 2 saturated heterocycles. The molecule has 0 bridgehead atoms. The SMILES string of the molecule is CC(C)N1CCC(CN)(N2CCC(C(C)(C)C)C2)C1. The Hall–Kier alpha value is -0.120. The van der Waals surface area contributed by atoms with Crippen molar-refractivity contribution in [3.05, 3.63) is 0 Å². The zero-order valence-corrected chi connectivity index (χ0v) is 13.6. The quantitative estimate of drug-likeness (QED) is 0.850. The van der Waals surface area contributed by atoms with Gasteiger partial charge in [0.1, 0.15) is 0 Å². The van der Waals surface area contributed by atoms with E-state index in [2.05, 4.69) is 44.4 Å². The van der Waals surface area contributed by atoms with Crippen molar-refractivity contribution in [2.75, 3.05) is 32.7 Å². The van der Waals surface area contributed by atoms with Crippen molar-refractivity contribution in [1.29, 1.82) is 0 Å². The average Bonchev–Trinajstić information content (AvgIpc) is 2.96. The molecule has 2 aliphatic rings. The first kappa shape index (κ1) is 15.3. The van der Waals surface area contributed by atoms with E-state index in [1.165, 1.54) is 32.5 Å². The van der Waals surface area contributed by atoms with Gasteiger partial charge in [0.05, 0.1) is 0 Å². The van der Waals surface area contributed by atoms with Crippen LogP contribution < -0.4 is 5.73 Å². The Balaban J connectivity index is 2.04. The van der Waals surface area contributed by atoms with Gasteiger partial charge < -0.3 is 5.73 Å². The van der Waals surface area contributed by atoms with Crippen molar-refractivity contribution < 1.29 is 0 Å². The minimum absolute atomic E-state index is 0.254. The van der Waals surface area contributed by atoms with Gasteiger partial charge in [0.2, 0.25) is 0 Å². The van der Waals surface area contributed by atoms with Gasteiger partial charge >= 0.3 is 0 Å². The Morgan fingerprint density at radius 3 is 2.37 bits per heavy atom. The van der Waals surface area contributed by atoms with E-state index < -0.39 is 0 Å². The molecule has 2 rings (SSSR count). The summed E-state index contributed by atoms with van der Waals surface area (Å²) in [7, 11) is 0. The van der Waals surface area contributed by atoms with Gasteiger partial charge in [-0.3, -0.25) is 9.80 Å². The first-order valence-corrected chi connectivity index (χ1v) is 7.98. The molecule has 19 heavy (non-hydrogen) atoms. The number of rotatable bonds is 3. The van der Waals surface area contributed by atoms with Crippen LogP contribution in [0.4, 0.5) is 0 Å². The predicted octanol–water partition coefficient (Wildman–Crippen LogP) is 2.17. The summed E-state index contributed by atoms with van der Waals surface area (Å²) < 4.78 is 0. The lowest BCUT2D eigenvalue weighted by molar-refractivity contribution is 0.106. The van der Waals surface area contributed by atoms with Crippen LogP contribution >= 0.6 is 0 Å². The van der Waals surface area contributed by atoms with E-state index in [1.54, 1.807) is 0 Å². The summed E-state index contributed by atoms with van der Waals surface area (Å²) in [6.45, 7) is 17.4. The van der Waals surface area contributed by atoms with Crippen LogP contribution in [-0.4, -0.2) is 54.1 Å². The standard InChI is InChI=1S/C16H33N3/c1-13(2)18-9-7-16(11-17,12-18)19-8-6-14(10-19)15(3,4)5/h13-14H,6-12,17H2,1-5H3. The lowest BCUT2D eigenvalue weighted by Gasteiger charge is -2.39. The summed E-state index contributed by atoms with van der Waals surface area (Å²) >= 11 is 0. The van der Waals surface area contributed by atoms with Crippen LogP contribution in [0.15, 0.2) is 0 Å². The van der Waals surface area contributed by atoms with Gasteiger partial charge in [-0.25, -0.2) is 0 Å². The van der Waals surface area contributed by atoms with Crippen LogP contribution in [0.25, 0.3) is 0 Å². The molecule has 0 saturated carbocycles. The zero-order valence-electron chi connectivity index (χ0n) is 13.6. The molecule has 0 aromatic heterocycles. The summed E-state index contributed by atoms with van der Waals surface area (Å²) in [6.07, 6.45) is 2.59. The molecule has 2 N–H and O–H groups in total. The number of hydrogen-bond acceptors (Lipinski definition) is 3. The van der Waals surface area contributed by atoms with Crippen LogP contribution in [0.2, 0.25) is 0 Å². The highest BCUT2D eigenvalue weighted by molar-refractivity contribution is 5.03. The maximum Gasteiger partial charge on any atom is 0.0470 e. The van der Waals surface area contributed by atoms with Gasteiger partial charge in [-0.05, 0) is 44.6 Å². The van der Waals surface area contributed by atoms with Gasteiger partial charge in [-0.1, -0.05) is 20.8 Å². The smallest absolute Gasteiger partial charge is 0.0470 e. The Kier molecular flexibility index (Phi) is 4.29. The Morgan fingerprint density at radius 1 is 1.26 bits per heavy atom. The highest BCUT2D eigenvalue weighted by Gasteiger charge is 2.46. The monoisotopic (exact) mass is 267 g/mol.